The van der Waals surface area contributed by atoms with Gasteiger partial charge in [0.1, 0.15) is 12.3 Å². The van der Waals surface area contributed by atoms with E-state index in [9.17, 15) is 4.79 Å². The van der Waals surface area contributed by atoms with Crippen LogP contribution in [0.5, 0.6) is 5.75 Å². The molecule has 0 aliphatic heterocycles. The molecule has 1 aromatic carbocycles. The zero-order chi connectivity index (χ0) is 11.1. The van der Waals surface area contributed by atoms with Crippen molar-refractivity contribution in [1.82, 2.24) is 5.48 Å². The molecule has 82 valence electrons. The van der Waals surface area contributed by atoms with E-state index >= 15 is 0 Å². The Morgan fingerprint density at radius 2 is 2.07 bits per heavy atom. The van der Waals surface area contributed by atoms with Crippen molar-refractivity contribution >= 4 is 5.97 Å². The lowest BCUT2D eigenvalue weighted by Crippen LogP contribution is -2.22. The molecule has 0 heterocycles. The van der Waals surface area contributed by atoms with Crippen LogP contribution in [0, 0.1) is 0 Å². The van der Waals surface area contributed by atoms with E-state index in [0.717, 1.165) is 11.3 Å². The van der Waals surface area contributed by atoms with E-state index in [-0.39, 0.29) is 6.54 Å². The zero-order valence-corrected chi connectivity index (χ0v) is 8.40. The lowest BCUT2D eigenvalue weighted by atomic mass is 10.2. The third kappa shape index (κ3) is 4.44. The van der Waals surface area contributed by atoms with Crippen LogP contribution in [0.2, 0.25) is 0 Å². The Labute approximate surface area is 87.6 Å². The van der Waals surface area contributed by atoms with Gasteiger partial charge in [0.15, 0.2) is 0 Å². The number of rotatable bonds is 6. The number of hydroxylamine groups is 1. The number of nitrogens with one attached hydrogen (secondary N) is 1. The van der Waals surface area contributed by atoms with Gasteiger partial charge >= 0.3 is 5.97 Å². The van der Waals surface area contributed by atoms with Crippen molar-refractivity contribution in [3.05, 3.63) is 29.8 Å². The molecule has 2 N–H and O–H groups in total. The van der Waals surface area contributed by atoms with Crippen LogP contribution in [-0.2, 0) is 16.2 Å². The predicted octanol–water partition coefficient (Wildman–Crippen LogP) is 0.801. The first-order valence-electron chi connectivity index (χ1n) is 4.41. The lowest BCUT2D eigenvalue weighted by Gasteiger charge is -2.04. The van der Waals surface area contributed by atoms with Crippen molar-refractivity contribution in [3.63, 3.8) is 0 Å². The number of carbonyl (C=O) groups is 1. The van der Waals surface area contributed by atoms with Crippen LogP contribution < -0.4 is 10.2 Å². The molecule has 0 saturated carbocycles. The van der Waals surface area contributed by atoms with Crippen LogP contribution >= 0.6 is 0 Å². The Morgan fingerprint density at radius 1 is 1.40 bits per heavy atom. The second kappa shape index (κ2) is 6.00. The second-order valence-corrected chi connectivity index (χ2v) is 2.85. The molecule has 0 radical (unpaired) electrons. The fraction of sp³-hybridized carbons (Fsp3) is 0.300. The molecule has 0 aromatic heterocycles. The molecule has 0 atom stereocenters. The number of hydrogen-bond acceptors (Lipinski definition) is 4. The Bertz CT molecular complexity index is 310. The highest BCUT2D eigenvalue weighted by atomic mass is 16.6. The van der Waals surface area contributed by atoms with Crippen LogP contribution in [0.4, 0.5) is 0 Å². The third-order valence-corrected chi connectivity index (χ3v) is 1.72. The summed E-state index contributed by atoms with van der Waals surface area (Å²) in [5.41, 5.74) is 3.27. The van der Waals surface area contributed by atoms with E-state index in [1.54, 1.807) is 7.11 Å². The number of methoxy groups -OCH3 is 1. The SMILES string of the molecule is COc1ccc(CONCC(=O)O)cc1. The summed E-state index contributed by atoms with van der Waals surface area (Å²) in [6.45, 7) is 0.105. The highest BCUT2D eigenvalue weighted by molar-refractivity contribution is 5.68. The minimum Gasteiger partial charge on any atom is -0.497 e. The van der Waals surface area contributed by atoms with Crippen molar-refractivity contribution in [2.75, 3.05) is 13.7 Å². The summed E-state index contributed by atoms with van der Waals surface area (Å²) in [6.07, 6.45) is 0. The quantitative estimate of drug-likeness (QED) is 0.538. The number of ether oxygens (including phenoxy) is 1. The van der Waals surface area contributed by atoms with Crippen LogP contribution in [0.3, 0.4) is 0 Å². The Kier molecular flexibility index (Phi) is 4.59. The highest BCUT2D eigenvalue weighted by Gasteiger charge is 1.97. The molecule has 0 amide bonds. The van der Waals surface area contributed by atoms with Crippen molar-refractivity contribution < 1.29 is 19.5 Å². The van der Waals surface area contributed by atoms with E-state index in [4.69, 9.17) is 14.7 Å². The average molecular weight is 211 g/mol. The fourth-order valence-corrected chi connectivity index (χ4v) is 0.969. The number of hydrogen-bond donors (Lipinski definition) is 2. The van der Waals surface area contributed by atoms with Gasteiger partial charge in [-0.25, -0.2) is 0 Å². The Balaban J connectivity index is 2.28. The van der Waals surface area contributed by atoms with E-state index in [2.05, 4.69) is 5.48 Å². The van der Waals surface area contributed by atoms with Crippen LogP contribution in [0.15, 0.2) is 24.3 Å². The average Bonchev–Trinajstić information content (AvgIpc) is 2.25. The van der Waals surface area contributed by atoms with E-state index in [1.165, 1.54) is 0 Å². The number of benzene rings is 1. The first-order chi connectivity index (χ1) is 7.22. The number of carboxylic acids is 1. The minimum atomic E-state index is -0.954. The summed E-state index contributed by atoms with van der Waals surface area (Å²) >= 11 is 0. The molecule has 0 aliphatic rings. The number of aliphatic carboxylic acids is 1. The largest absolute Gasteiger partial charge is 0.497 e. The van der Waals surface area contributed by atoms with E-state index in [0.29, 0.717) is 6.61 Å². The molecule has 5 heteroatoms. The molecular weight excluding hydrogens is 198 g/mol. The first kappa shape index (κ1) is 11.5. The Morgan fingerprint density at radius 3 is 2.60 bits per heavy atom. The molecule has 0 saturated heterocycles. The van der Waals surface area contributed by atoms with Crippen molar-refractivity contribution in [2.24, 2.45) is 0 Å². The van der Waals surface area contributed by atoms with Crippen molar-refractivity contribution in [2.45, 2.75) is 6.61 Å². The number of carboxylic acid groups (broad SMARTS) is 1. The molecule has 0 aliphatic carbocycles. The van der Waals surface area contributed by atoms with Gasteiger partial charge in [0.05, 0.1) is 13.7 Å². The molecule has 1 aromatic rings. The standard InChI is InChI=1S/C10H13NO4/c1-14-9-4-2-8(3-5-9)7-15-11-6-10(12)13/h2-5,11H,6-7H2,1H3,(H,12,13). The maximum Gasteiger partial charge on any atom is 0.319 e. The molecule has 0 fully saturated rings. The van der Waals surface area contributed by atoms with Gasteiger partial charge in [0, 0.05) is 0 Å². The minimum absolute atomic E-state index is 0.212. The smallest absolute Gasteiger partial charge is 0.319 e. The highest BCUT2D eigenvalue weighted by Crippen LogP contribution is 2.11. The molecule has 15 heavy (non-hydrogen) atoms. The van der Waals surface area contributed by atoms with E-state index < -0.39 is 5.97 Å². The van der Waals surface area contributed by atoms with Gasteiger partial charge in [0.25, 0.3) is 0 Å². The summed E-state index contributed by atoms with van der Waals surface area (Å²) in [5.74, 6) is -0.179. The first-order valence-corrected chi connectivity index (χ1v) is 4.41. The zero-order valence-electron chi connectivity index (χ0n) is 8.40. The monoisotopic (exact) mass is 211 g/mol. The van der Waals surface area contributed by atoms with E-state index in [1.807, 2.05) is 24.3 Å². The third-order valence-electron chi connectivity index (χ3n) is 1.72. The molecule has 5 nitrogen and oxygen atoms in total. The predicted molar refractivity (Wildman–Crippen MR) is 53.4 cm³/mol. The van der Waals surface area contributed by atoms with Gasteiger partial charge in [-0.2, -0.15) is 5.48 Å². The van der Waals surface area contributed by atoms with Gasteiger partial charge in [-0.05, 0) is 17.7 Å². The molecule has 0 bridgehead atoms. The molecule has 0 spiro atoms. The van der Waals surface area contributed by atoms with Gasteiger partial charge in [-0.3, -0.25) is 9.63 Å². The van der Waals surface area contributed by atoms with Gasteiger partial charge in [0.2, 0.25) is 0 Å². The summed E-state index contributed by atoms with van der Waals surface area (Å²) in [6, 6.07) is 7.33. The second-order valence-electron chi connectivity index (χ2n) is 2.85. The maximum absolute atomic E-state index is 10.1. The van der Waals surface area contributed by atoms with Crippen molar-refractivity contribution in [1.29, 1.82) is 0 Å². The summed E-state index contributed by atoms with van der Waals surface area (Å²) < 4.78 is 4.99. The van der Waals surface area contributed by atoms with Crippen LogP contribution in [0.25, 0.3) is 0 Å². The summed E-state index contributed by atoms with van der Waals surface area (Å²) in [5, 5.41) is 8.32. The van der Waals surface area contributed by atoms with Crippen molar-refractivity contribution in [3.8, 4) is 5.75 Å². The fourth-order valence-electron chi connectivity index (χ4n) is 0.969. The van der Waals surface area contributed by atoms with Gasteiger partial charge in [-0.15, -0.1) is 0 Å². The molecular formula is C10H13NO4. The summed E-state index contributed by atoms with van der Waals surface area (Å²) in [7, 11) is 1.60. The van der Waals surface area contributed by atoms with Crippen LogP contribution in [-0.4, -0.2) is 24.7 Å². The van der Waals surface area contributed by atoms with Gasteiger partial charge < -0.3 is 9.84 Å². The normalized spacial score (nSPS) is 9.93. The molecule has 0 unspecified atom stereocenters. The van der Waals surface area contributed by atoms with Crippen LogP contribution in [0.1, 0.15) is 5.56 Å². The Hall–Kier alpha value is -1.59. The maximum atomic E-state index is 10.1. The topological polar surface area (TPSA) is 67.8 Å². The lowest BCUT2D eigenvalue weighted by molar-refractivity contribution is -0.139. The molecule has 1 rings (SSSR count). The van der Waals surface area contributed by atoms with Gasteiger partial charge in [-0.1, -0.05) is 12.1 Å². The summed E-state index contributed by atoms with van der Waals surface area (Å²) in [4.78, 5) is 15.1.